The smallest absolute Gasteiger partial charge is 0.317 e. The summed E-state index contributed by atoms with van der Waals surface area (Å²) in [7, 11) is 0. The third-order valence-corrected chi connectivity index (χ3v) is 2.91. The van der Waals surface area contributed by atoms with Crippen LogP contribution < -0.4 is 4.74 Å². The SMILES string of the molecule is CCOc1ccccc1CN(CC(=O)O)C(C)(C)C. The highest BCUT2D eigenvalue weighted by Crippen LogP contribution is 2.23. The third-order valence-electron chi connectivity index (χ3n) is 2.91. The minimum absolute atomic E-state index is 0.0178. The Labute approximate surface area is 115 Å². The van der Waals surface area contributed by atoms with Gasteiger partial charge in [-0.15, -0.1) is 0 Å². The summed E-state index contributed by atoms with van der Waals surface area (Å²) in [6.45, 7) is 9.16. The number of hydrogen-bond acceptors (Lipinski definition) is 3. The molecule has 0 atom stereocenters. The van der Waals surface area contributed by atoms with Crippen LogP contribution in [0, 0.1) is 0 Å². The highest BCUT2D eigenvalue weighted by Gasteiger charge is 2.24. The molecule has 1 rings (SSSR count). The summed E-state index contributed by atoms with van der Waals surface area (Å²) in [5, 5.41) is 9.02. The summed E-state index contributed by atoms with van der Waals surface area (Å²) < 4.78 is 5.58. The number of hydrogen-bond donors (Lipinski definition) is 1. The van der Waals surface area contributed by atoms with Crippen LogP contribution in [-0.4, -0.2) is 34.7 Å². The van der Waals surface area contributed by atoms with Gasteiger partial charge in [0.1, 0.15) is 5.75 Å². The van der Waals surface area contributed by atoms with Gasteiger partial charge in [-0.3, -0.25) is 9.69 Å². The van der Waals surface area contributed by atoms with Gasteiger partial charge in [0.2, 0.25) is 0 Å². The van der Waals surface area contributed by atoms with Crippen molar-refractivity contribution in [1.29, 1.82) is 0 Å². The van der Waals surface area contributed by atoms with Gasteiger partial charge in [0.25, 0.3) is 0 Å². The quantitative estimate of drug-likeness (QED) is 0.859. The minimum atomic E-state index is -0.816. The third kappa shape index (κ3) is 4.91. The second-order valence-electron chi connectivity index (χ2n) is 5.46. The second-order valence-corrected chi connectivity index (χ2v) is 5.46. The Hall–Kier alpha value is -1.55. The average molecular weight is 265 g/mol. The first-order chi connectivity index (χ1) is 8.84. The molecule has 1 N–H and O–H groups in total. The molecule has 0 bridgehead atoms. The zero-order valence-corrected chi connectivity index (χ0v) is 12.1. The fraction of sp³-hybridized carbons (Fsp3) is 0.533. The summed E-state index contributed by atoms with van der Waals surface area (Å²) >= 11 is 0. The molecule has 0 saturated carbocycles. The van der Waals surface area contributed by atoms with E-state index in [2.05, 4.69) is 0 Å². The lowest BCUT2D eigenvalue weighted by Gasteiger charge is -2.34. The monoisotopic (exact) mass is 265 g/mol. The van der Waals surface area contributed by atoms with Crippen molar-refractivity contribution in [2.75, 3.05) is 13.2 Å². The van der Waals surface area contributed by atoms with Crippen molar-refractivity contribution in [2.24, 2.45) is 0 Å². The number of benzene rings is 1. The molecule has 1 aromatic carbocycles. The van der Waals surface area contributed by atoms with Crippen LogP contribution in [0.15, 0.2) is 24.3 Å². The highest BCUT2D eigenvalue weighted by molar-refractivity contribution is 5.69. The molecule has 0 aliphatic heterocycles. The van der Waals surface area contributed by atoms with Crippen molar-refractivity contribution in [3.05, 3.63) is 29.8 Å². The zero-order chi connectivity index (χ0) is 14.5. The number of para-hydroxylation sites is 1. The number of rotatable bonds is 6. The van der Waals surface area contributed by atoms with E-state index in [4.69, 9.17) is 9.84 Å². The van der Waals surface area contributed by atoms with Crippen molar-refractivity contribution in [1.82, 2.24) is 4.90 Å². The molecule has 0 fully saturated rings. The molecule has 0 amide bonds. The summed E-state index contributed by atoms with van der Waals surface area (Å²) in [6, 6.07) is 7.76. The molecule has 0 unspecified atom stereocenters. The Morgan fingerprint density at radius 1 is 1.32 bits per heavy atom. The zero-order valence-electron chi connectivity index (χ0n) is 12.1. The maximum Gasteiger partial charge on any atom is 0.317 e. The number of carbonyl (C=O) groups is 1. The minimum Gasteiger partial charge on any atom is -0.494 e. The van der Waals surface area contributed by atoms with E-state index in [9.17, 15) is 4.79 Å². The van der Waals surface area contributed by atoms with Gasteiger partial charge in [-0.1, -0.05) is 18.2 Å². The topological polar surface area (TPSA) is 49.8 Å². The van der Waals surface area contributed by atoms with E-state index in [1.54, 1.807) is 0 Å². The fourth-order valence-electron chi connectivity index (χ4n) is 1.83. The first-order valence-corrected chi connectivity index (χ1v) is 6.52. The van der Waals surface area contributed by atoms with E-state index in [1.165, 1.54) is 0 Å². The number of carboxylic acid groups (broad SMARTS) is 1. The van der Waals surface area contributed by atoms with E-state index in [0.717, 1.165) is 11.3 Å². The molecule has 0 aromatic heterocycles. The fourth-order valence-corrected chi connectivity index (χ4v) is 1.83. The lowest BCUT2D eigenvalue weighted by molar-refractivity contribution is -0.139. The van der Waals surface area contributed by atoms with Crippen molar-refractivity contribution in [2.45, 2.75) is 39.8 Å². The molecule has 4 nitrogen and oxygen atoms in total. The largest absolute Gasteiger partial charge is 0.494 e. The van der Waals surface area contributed by atoms with Gasteiger partial charge < -0.3 is 9.84 Å². The predicted molar refractivity (Wildman–Crippen MR) is 75.4 cm³/mol. The first-order valence-electron chi connectivity index (χ1n) is 6.52. The molecule has 1 aromatic rings. The molecule has 106 valence electrons. The maximum atomic E-state index is 11.0. The van der Waals surface area contributed by atoms with Crippen molar-refractivity contribution in [3.8, 4) is 5.75 Å². The Balaban J connectivity index is 2.93. The maximum absolute atomic E-state index is 11.0. The van der Waals surface area contributed by atoms with Gasteiger partial charge in [-0.25, -0.2) is 0 Å². The van der Waals surface area contributed by atoms with Crippen LogP contribution in [0.25, 0.3) is 0 Å². The molecule has 4 heteroatoms. The molecular weight excluding hydrogens is 242 g/mol. The van der Waals surface area contributed by atoms with Crippen molar-refractivity contribution in [3.63, 3.8) is 0 Å². The van der Waals surface area contributed by atoms with Crippen LogP contribution >= 0.6 is 0 Å². The van der Waals surface area contributed by atoms with Gasteiger partial charge in [-0.2, -0.15) is 0 Å². The van der Waals surface area contributed by atoms with Crippen LogP contribution in [0.4, 0.5) is 0 Å². The highest BCUT2D eigenvalue weighted by atomic mass is 16.5. The van der Waals surface area contributed by atoms with Crippen LogP contribution in [-0.2, 0) is 11.3 Å². The summed E-state index contributed by atoms with van der Waals surface area (Å²) in [4.78, 5) is 12.9. The molecular formula is C15H23NO3. The van der Waals surface area contributed by atoms with Crippen LogP contribution in [0.1, 0.15) is 33.3 Å². The van der Waals surface area contributed by atoms with E-state index >= 15 is 0 Å². The van der Waals surface area contributed by atoms with Crippen LogP contribution in [0.5, 0.6) is 5.75 Å². The summed E-state index contributed by atoms with van der Waals surface area (Å²) in [5.74, 6) is 0.00783. The number of nitrogens with zero attached hydrogens (tertiary/aromatic N) is 1. The standard InChI is InChI=1S/C15H23NO3/c1-5-19-13-9-7-6-8-12(13)10-16(11-14(17)18)15(2,3)4/h6-9H,5,10-11H2,1-4H3,(H,17,18). The van der Waals surface area contributed by atoms with E-state index in [0.29, 0.717) is 13.2 Å². The molecule has 0 spiro atoms. The van der Waals surface area contributed by atoms with Gasteiger partial charge in [-0.05, 0) is 33.8 Å². The Morgan fingerprint density at radius 3 is 2.47 bits per heavy atom. The molecule has 0 radical (unpaired) electrons. The van der Waals surface area contributed by atoms with Gasteiger partial charge >= 0.3 is 5.97 Å². The van der Waals surface area contributed by atoms with Crippen molar-refractivity contribution < 1.29 is 14.6 Å². The number of aliphatic carboxylic acids is 1. The van der Waals surface area contributed by atoms with Crippen LogP contribution in [0.2, 0.25) is 0 Å². The molecule has 0 saturated heterocycles. The molecule has 0 aliphatic rings. The van der Waals surface area contributed by atoms with E-state index in [-0.39, 0.29) is 12.1 Å². The summed E-state index contributed by atoms with van der Waals surface area (Å²) in [5.41, 5.74) is 0.804. The summed E-state index contributed by atoms with van der Waals surface area (Å²) in [6.07, 6.45) is 0. The molecule has 0 aliphatic carbocycles. The lowest BCUT2D eigenvalue weighted by Crippen LogP contribution is -2.43. The molecule has 19 heavy (non-hydrogen) atoms. The van der Waals surface area contributed by atoms with Gasteiger partial charge in [0.15, 0.2) is 0 Å². The van der Waals surface area contributed by atoms with E-state index in [1.807, 2.05) is 56.9 Å². The normalized spacial score (nSPS) is 11.6. The van der Waals surface area contributed by atoms with Crippen molar-refractivity contribution >= 4 is 5.97 Å². The van der Waals surface area contributed by atoms with Gasteiger partial charge in [0, 0.05) is 17.6 Å². The van der Waals surface area contributed by atoms with Gasteiger partial charge in [0.05, 0.1) is 13.2 Å². The lowest BCUT2D eigenvalue weighted by atomic mass is 10.0. The molecule has 0 heterocycles. The Kier molecular flexibility index (Phi) is 5.36. The Morgan fingerprint density at radius 2 is 1.95 bits per heavy atom. The number of carboxylic acids is 1. The average Bonchev–Trinajstić information content (AvgIpc) is 2.29. The first kappa shape index (κ1) is 15.5. The number of ether oxygens (including phenoxy) is 1. The second kappa shape index (κ2) is 6.57. The van der Waals surface area contributed by atoms with Crippen LogP contribution in [0.3, 0.4) is 0 Å². The Bertz CT molecular complexity index is 424. The predicted octanol–water partition coefficient (Wildman–Crippen LogP) is 2.77. The van der Waals surface area contributed by atoms with E-state index < -0.39 is 5.97 Å².